The number of hydrogen-bond donors (Lipinski definition) is 9. The van der Waals surface area contributed by atoms with E-state index >= 15 is 0 Å². The highest BCUT2D eigenvalue weighted by atomic mass is 16.4. The molecule has 0 aromatic heterocycles. The van der Waals surface area contributed by atoms with Crippen molar-refractivity contribution in [1.29, 1.82) is 0 Å². The maximum atomic E-state index is 12.7. The van der Waals surface area contributed by atoms with E-state index in [1.807, 2.05) is 0 Å². The van der Waals surface area contributed by atoms with Gasteiger partial charge in [-0.15, -0.1) is 0 Å². The molecular formula is C50H52N2O8. The summed E-state index contributed by atoms with van der Waals surface area (Å²) in [4.78, 5) is 12.7. The van der Waals surface area contributed by atoms with Gasteiger partial charge in [0.2, 0.25) is 0 Å². The van der Waals surface area contributed by atoms with Crippen molar-refractivity contribution < 1.29 is 40.5 Å². The Morgan fingerprint density at radius 2 is 0.817 bits per heavy atom. The molecule has 0 aromatic carbocycles. The second-order valence-electron chi connectivity index (χ2n) is 13.3. The van der Waals surface area contributed by atoms with Crippen LogP contribution in [0.15, 0.2) is 0 Å². The van der Waals surface area contributed by atoms with Gasteiger partial charge in [-0.05, 0) is 108 Å². The van der Waals surface area contributed by atoms with Gasteiger partial charge in [-0.25, -0.2) is 0 Å². The molecule has 310 valence electrons. The molecule has 9 atom stereocenters. The molecule has 1 aliphatic carbocycles. The molecule has 9 N–H and O–H groups in total. The first kappa shape index (κ1) is 51.9. The van der Waals surface area contributed by atoms with E-state index in [4.69, 9.17) is 0 Å². The number of carbonyl (C=O) groups is 1. The molecule has 0 radical (unpaired) electrons. The van der Waals surface area contributed by atoms with Gasteiger partial charge >= 0.3 is 0 Å². The van der Waals surface area contributed by atoms with Crippen LogP contribution in [0.1, 0.15) is 97.3 Å². The van der Waals surface area contributed by atoms with Crippen LogP contribution < -0.4 is 10.6 Å². The first-order chi connectivity index (χ1) is 29.1. The average molecular weight is 809 g/mol. The standard InChI is InChI=1S/C50H52N2O8/c1-3-5-7-9-11-13-15-17-18-19-20-21-22-23-24-25-26-27-29-31-33-35-37-39-43(54)52-41(40-51-44-46(56)48(58)50(60)49(59)47(44)57)45(55)42(53)38-36-34-32-30-28-16-14-12-10-8-6-4-2/h41-42,44-51,53,55-60H,4,6,8,10,12,14,16,28,30,32,34,36,38,40H2,1-2H3,(H,52,54)/t41-,42+,44?,45-,46-,47-,48-,49+,50?/m0/s1. The number of amides is 1. The van der Waals surface area contributed by atoms with Crippen molar-refractivity contribution in [3.05, 3.63) is 0 Å². The summed E-state index contributed by atoms with van der Waals surface area (Å²) in [5.41, 5.74) is 0. The van der Waals surface area contributed by atoms with Gasteiger partial charge in [-0.3, -0.25) is 4.79 Å². The molecule has 0 aromatic rings. The Morgan fingerprint density at radius 3 is 1.20 bits per heavy atom. The third kappa shape index (κ3) is 24.6. The summed E-state index contributed by atoms with van der Waals surface area (Å²) in [6, 6.07) is -2.52. The molecule has 1 aliphatic rings. The predicted molar refractivity (Wildman–Crippen MR) is 230 cm³/mol. The van der Waals surface area contributed by atoms with E-state index in [2.05, 4.69) is 160 Å². The van der Waals surface area contributed by atoms with E-state index in [0.717, 1.165) is 25.7 Å². The summed E-state index contributed by atoms with van der Waals surface area (Å²) in [6.45, 7) is 3.57. The largest absolute Gasteiger partial charge is 0.390 e. The molecule has 0 aliphatic heterocycles. The van der Waals surface area contributed by atoms with Crippen LogP contribution in [-0.2, 0) is 4.79 Å². The van der Waals surface area contributed by atoms with Gasteiger partial charge in [-0.1, -0.05) is 89.9 Å². The molecule has 10 nitrogen and oxygen atoms in total. The molecule has 0 heterocycles. The monoisotopic (exact) mass is 808 g/mol. The van der Waals surface area contributed by atoms with E-state index in [9.17, 15) is 40.5 Å². The minimum atomic E-state index is -1.79. The summed E-state index contributed by atoms with van der Waals surface area (Å²) >= 11 is 0. The van der Waals surface area contributed by atoms with Gasteiger partial charge in [0.25, 0.3) is 5.91 Å². The van der Waals surface area contributed by atoms with E-state index in [0.29, 0.717) is 6.42 Å². The Hall–Kier alpha value is -6.13. The van der Waals surface area contributed by atoms with Gasteiger partial charge in [0.1, 0.15) is 36.6 Å². The maximum absolute atomic E-state index is 12.7. The first-order valence-corrected chi connectivity index (χ1v) is 19.9. The highest BCUT2D eigenvalue weighted by Gasteiger charge is 2.48. The topological polar surface area (TPSA) is 183 Å². The summed E-state index contributed by atoms with van der Waals surface area (Å²) in [5.74, 6) is 58.4. The summed E-state index contributed by atoms with van der Waals surface area (Å²) in [7, 11) is 0. The first-order valence-electron chi connectivity index (χ1n) is 19.9. The maximum Gasteiger partial charge on any atom is 0.297 e. The highest BCUT2D eigenvalue weighted by Crippen LogP contribution is 2.22. The average Bonchev–Trinajstić information content (AvgIpc) is 3.24. The normalized spacial score (nSPS) is 19.0. The number of nitrogens with one attached hydrogen (secondary N) is 2. The number of rotatable bonds is 19. The number of carbonyl (C=O) groups excluding carboxylic acids is 1. The van der Waals surface area contributed by atoms with Crippen molar-refractivity contribution in [2.24, 2.45) is 0 Å². The van der Waals surface area contributed by atoms with Gasteiger partial charge in [0.15, 0.2) is 0 Å². The van der Waals surface area contributed by atoms with E-state index in [-0.39, 0.29) is 13.0 Å². The van der Waals surface area contributed by atoms with Crippen LogP contribution in [0.4, 0.5) is 0 Å². The molecule has 0 spiro atoms. The Bertz CT molecular complexity index is 2150. The van der Waals surface area contributed by atoms with Gasteiger partial charge in [-0.2, -0.15) is 0 Å². The Balaban J connectivity index is 2.75. The summed E-state index contributed by atoms with van der Waals surface area (Å²) in [5, 5.41) is 78.1. The molecule has 10 heteroatoms. The smallest absolute Gasteiger partial charge is 0.297 e. The molecule has 60 heavy (non-hydrogen) atoms. The lowest BCUT2D eigenvalue weighted by Crippen LogP contribution is -2.69. The van der Waals surface area contributed by atoms with Gasteiger partial charge < -0.3 is 46.4 Å². The van der Waals surface area contributed by atoms with Gasteiger partial charge in [0.05, 0.1) is 18.2 Å². The van der Waals surface area contributed by atoms with E-state index in [1.54, 1.807) is 6.92 Å². The molecule has 1 saturated carbocycles. The van der Waals surface area contributed by atoms with Crippen LogP contribution in [0, 0.1) is 142 Å². The fourth-order valence-corrected chi connectivity index (χ4v) is 5.61. The SMILES string of the molecule is CC#CC#CC#CC#CC#CC#CC#CC#CC#CC#CC#CC#CC(=O)N[C@@H](CNC1[C@H](O)[C@H](O)C(O)[C@H](O)[C@H]1O)[C@H](O)[C@H](O)CCCCCCCCCCCCCC. The molecule has 1 fully saturated rings. The molecular weight excluding hydrogens is 757 g/mol. The Morgan fingerprint density at radius 1 is 0.483 bits per heavy atom. The lowest BCUT2D eigenvalue weighted by molar-refractivity contribution is -0.190. The Labute approximate surface area is 356 Å². The molecule has 2 unspecified atom stereocenters. The van der Waals surface area contributed by atoms with Crippen molar-refractivity contribution >= 4 is 5.91 Å². The van der Waals surface area contributed by atoms with Crippen LogP contribution in [0.3, 0.4) is 0 Å². The lowest BCUT2D eigenvalue weighted by Gasteiger charge is -2.43. The van der Waals surface area contributed by atoms with Crippen molar-refractivity contribution in [3.63, 3.8) is 0 Å². The molecule has 1 rings (SSSR count). The van der Waals surface area contributed by atoms with Gasteiger partial charge in [0, 0.05) is 48.0 Å². The second kappa shape index (κ2) is 34.9. The third-order valence-electron chi connectivity index (χ3n) is 8.80. The number of aliphatic hydroxyl groups is 7. The zero-order chi connectivity index (χ0) is 44.1. The third-order valence-corrected chi connectivity index (χ3v) is 8.80. The minimum absolute atomic E-state index is 0.257. The summed E-state index contributed by atoms with van der Waals surface area (Å²) in [6.07, 6.45) is 2.45. The van der Waals surface area contributed by atoms with Crippen LogP contribution >= 0.6 is 0 Å². The van der Waals surface area contributed by atoms with Crippen LogP contribution in [-0.4, -0.2) is 103 Å². The highest BCUT2D eigenvalue weighted by molar-refractivity contribution is 5.94. The van der Waals surface area contributed by atoms with Crippen molar-refractivity contribution in [3.8, 4) is 142 Å². The predicted octanol–water partition coefficient (Wildman–Crippen LogP) is 0.121. The fourth-order valence-electron chi connectivity index (χ4n) is 5.61. The van der Waals surface area contributed by atoms with Crippen molar-refractivity contribution in [2.75, 3.05) is 6.54 Å². The second-order valence-corrected chi connectivity index (χ2v) is 13.3. The number of unbranched alkanes of at least 4 members (excludes halogenated alkanes) is 11. The summed E-state index contributed by atoms with van der Waals surface area (Å²) < 4.78 is 0. The van der Waals surface area contributed by atoms with E-state index < -0.39 is 60.7 Å². The minimum Gasteiger partial charge on any atom is -0.390 e. The van der Waals surface area contributed by atoms with Crippen LogP contribution in [0.2, 0.25) is 0 Å². The Kier molecular flexibility index (Phi) is 30.2. The van der Waals surface area contributed by atoms with Crippen LogP contribution in [0.5, 0.6) is 0 Å². The van der Waals surface area contributed by atoms with E-state index in [1.165, 1.54) is 44.9 Å². The lowest BCUT2D eigenvalue weighted by atomic mass is 9.83. The van der Waals surface area contributed by atoms with Crippen molar-refractivity contribution in [1.82, 2.24) is 10.6 Å². The fraction of sp³-hybridized carbons (Fsp3) is 0.500. The van der Waals surface area contributed by atoms with Crippen molar-refractivity contribution in [2.45, 2.75) is 152 Å². The molecule has 1 amide bonds. The zero-order valence-electron chi connectivity index (χ0n) is 34.1. The molecule has 0 saturated heterocycles. The number of hydrogen-bond acceptors (Lipinski definition) is 9. The number of aliphatic hydroxyl groups excluding tert-OH is 7. The molecule has 0 bridgehead atoms. The quantitative estimate of drug-likeness (QED) is 0.0647. The van der Waals surface area contributed by atoms with Crippen LogP contribution in [0.25, 0.3) is 0 Å². The zero-order valence-corrected chi connectivity index (χ0v) is 34.1.